The highest BCUT2D eigenvalue weighted by Gasteiger charge is 2.10. The standard InChI is InChI=1S/C12H15NO4/c1-8(14)13-7-10(15)9-4-5-11(16-2)12(6-9)17-3/h4-6H,7H2,1-3H3,(H,13,14). The number of ketones is 1. The molecular weight excluding hydrogens is 222 g/mol. The Kier molecular flexibility index (Phi) is 4.51. The second-order valence-electron chi connectivity index (χ2n) is 3.40. The van der Waals surface area contributed by atoms with Crippen LogP contribution in [0.2, 0.25) is 0 Å². The van der Waals surface area contributed by atoms with Gasteiger partial charge in [0, 0.05) is 12.5 Å². The lowest BCUT2D eigenvalue weighted by atomic mass is 10.1. The number of ether oxygens (including phenoxy) is 2. The Morgan fingerprint density at radius 1 is 1.18 bits per heavy atom. The fourth-order valence-electron chi connectivity index (χ4n) is 1.32. The third kappa shape index (κ3) is 3.48. The zero-order chi connectivity index (χ0) is 12.8. The zero-order valence-corrected chi connectivity index (χ0v) is 10.1. The molecule has 0 aliphatic heterocycles. The highest BCUT2D eigenvalue weighted by molar-refractivity contribution is 5.99. The van der Waals surface area contributed by atoms with Crippen LogP contribution in [0, 0.1) is 0 Å². The highest BCUT2D eigenvalue weighted by Crippen LogP contribution is 2.27. The van der Waals surface area contributed by atoms with Crippen molar-refractivity contribution in [3.63, 3.8) is 0 Å². The van der Waals surface area contributed by atoms with Crippen molar-refractivity contribution in [1.29, 1.82) is 0 Å². The Morgan fingerprint density at radius 3 is 2.35 bits per heavy atom. The predicted molar refractivity (Wildman–Crippen MR) is 62.6 cm³/mol. The SMILES string of the molecule is COc1ccc(C(=O)CNC(C)=O)cc1OC. The maximum absolute atomic E-state index is 11.7. The van der Waals surface area contributed by atoms with Gasteiger partial charge in [-0.25, -0.2) is 0 Å². The lowest BCUT2D eigenvalue weighted by Gasteiger charge is -2.09. The molecule has 0 radical (unpaired) electrons. The normalized spacial score (nSPS) is 9.59. The van der Waals surface area contributed by atoms with Crippen molar-refractivity contribution in [2.24, 2.45) is 0 Å². The first-order valence-electron chi connectivity index (χ1n) is 5.08. The Balaban J connectivity index is 2.84. The quantitative estimate of drug-likeness (QED) is 0.777. The molecule has 0 fully saturated rings. The topological polar surface area (TPSA) is 64.6 Å². The molecule has 5 nitrogen and oxygen atoms in total. The second-order valence-corrected chi connectivity index (χ2v) is 3.40. The fourth-order valence-corrected chi connectivity index (χ4v) is 1.32. The molecule has 1 aromatic rings. The van der Waals surface area contributed by atoms with E-state index in [4.69, 9.17) is 9.47 Å². The largest absolute Gasteiger partial charge is 0.493 e. The molecule has 1 N–H and O–H groups in total. The van der Waals surface area contributed by atoms with Crippen LogP contribution in [0.15, 0.2) is 18.2 Å². The van der Waals surface area contributed by atoms with Crippen LogP contribution in [0.5, 0.6) is 11.5 Å². The summed E-state index contributed by atoms with van der Waals surface area (Å²) in [4.78, 5) is 22.4. The number of hydrogen-bond acceptors (Lipinski definition) is 4. The van der Waals surface area contributed by atoms with Gasteiger partial charge < -0.3 is 14.8 Å². The maximum atomic E-state index is 11.7. The molecule has 0 atom stereocenters. The van der Waals surface area contributed by atoms with E-state index in [9.17, 15) is 9.59 Å². The van der Waals surface area contributed by atoms with Crippen molar-refractivity contribution in [2.45, 2.75) is 6.92 Å². The summed E-state index contributed by atoms with van der Waals surface area (Å²) in [5, 5.41) is 2.45. The summed E-state index contributed by atoms with van der Waals surface area (Å²) in [7, 11) is 3.02. The molecular formula is C12H15NO4. The molecule has 17 heavy (non-hydrogen) atoms. The average Bonchev–Trinajstić information content (AvgIpc) is 2.34. The highest BCUT2D eigenvalue weighted by atomic mass is 16.5. The summed E-state index contributed by atoms with van der Waals surface area (Å²) in [6, 6.07) is 4.87. The molecule has 0 saturated carbocycles. The van der Waals surface area contributed by atoms with Crippen molar-refractivity contribution in [3.05, 3.63) is 23.8 Å². The van der Waals surface area contributed by atoms with E-state index in [0.29, 0.717) is 17.1 Å². The van der Waals surface area contributed by atoms with E-state index in [1.165, 1.54) is 21.1 Å². The summed E-state index contributed by atoms with van der Waals surface area (Å²) in [5.41, 5.74) is 0.469. The Bertz CT molecular complexity index is 429. The molecule has 92 valence electrons. The van der Waals surface area contributed by atoms with E-state index >= 15 is 0 Å². The first kappa shape index (κ1) is 13.0. The van der Waals surface area contributed by atoms with Crippen LogP contribution in [0.25, 0.3) is 0 Å². The van der Waals surface area contributed by atoms with Crippen LogP contribution in [0.1, 0.15) is 17.3 Å². The van der Waals surface area contributed by atoms with Gasteiger partial charge in [-0.2, -0.15) is 0 Å². The lowest BCUT2D eigenvalue weighted by molar-refractivity contribution is -0.118. The molecule has 0 unspecified atom stereocenters. The van der Waals surface area contributed by atoms with E-state index in [0.717, 1.165) is 0 Å². The number of methoxy groups -OCH3 is 2. The molecule has 0 saturated heterocycles. The molecule has 0 aromatic heterocycles. The summed E-state index contributed by atoms with van der Waals surface area (Å²) in [6.45, 7) is 1.34. The molecule has 5 heteroatoms. The third-order valence-corrected chi connectivity index (χ3v) is 2.20. The Labute approximate surface area is 99.7 Å². The summed E-state index contributed by atoms with van der Waals surface area (Å²) in [6.07, 6.45) is 0. The number of carbonyl (C=O) groups is 2. The van der Waals surface area contributed by atoms with Crippen molar-refractivity contribution in [2.75, 3.05) is 20.8 Å². The van der Waals surface area contributed by atoms with Crippen LogP contribution in [-0.4, -0.2) is 32.5 Å². The molecule has 0 aliphatic carbocycles. The number of Topliss-reactive ketones (excluding diaryl/α,β-unsaturated/α-hetero) is 1. The van der Waals surface area contributed by atoms with E-state index < -0.39 is 0 Å². The lowest BCUT2D eigenvalue weighted by Crippen LogP contribution is -2.27. The van der Waals surface area contributed by atoms with Gasteiger partial charge in [0.15, 0.2) is 17.3 Å². The van der Waals surface area contributed by atoms with Gasteiger partial charge in [0.1, 0.15) is 0 Å². The van der Waals surface area contributed by atoms with E-state index in [2.05, 4.69) is 5.32 Å². The van der Waals surface area contributed by atoms with Crippen molar-refractivity contribution >= 4 is 11.7 Å². The summed E-state index contributed by atoms with van der Waals surface area (Å²) in [5.74, 6) is 0.629. The van der Waals surface area contributed by atoms with Crippen LogP contribution in [0.3, 0.4) is 0 Å². The first-order valence-corrected chi connectivity index (χ1v) is 5.08. The van der Waals surface area contributed by atoms with Gasteiger partial charge >= 0.3 is 0 Å². The number of hydrogen-bond donors (Lipinski definition) is 1. The minimum absolute atomic E-state index is 0.0230. The molecule has 1 amide bonds. The minimum atomic E-state index is -0.237. The van der Waals surface area contributed by atoms with Crippen molar-refractivity contribution in [1.82, 2.24) is 5.32 Å². The molecule has 0 aliphatic rings. The number of benzene rings is 1. The number of rotatable bonds is 5. The molecule has 1 aromatic carbocycles. The average molecular weight is 237 g/mol. The van der Waals surface area contributed by atoms with Crippen molar-refractivity contribution < 1.29 is 19.1 Å². The predicted octanol–water partition coefficient (Wildman–Crippen LogP) is 1.02. The van der Waals surface area contributed by atoms with Gasteiger partial charge in [-0.15, -0.1) is 0 Å². The first-order chi connectivity index (χ1) is 8.08. The van der Waals surface area contributed by atoms with Crippen LogP contribution < -0.4 is 14.8 Å². The van der Waals surface area contributed by atoms with Crippen LogP contribution in [0.4, 0.5) is 0 Å². The van der Waals surface area contributed by atoms with Gasteiger partial charge in [0.25, 0.3) is 0 Å². The maximum Gasteiger partial charge on any atom is 0.217 e. The van der Waals surface area contributed by atoms with E-state index in [1.54, 1.807) is 18.2 Å². The van der Waals surface area contributed by atoms with Crippen LogP contribution >= 0.6 is 0 Å². The third-order valence-electron chi connectivity index (χ3n) is 2.20. The second kappa shape index (κ2) is 5.89. The molecule has 0 spiro atoms. The Hall–Kier alpha value is -2.04. The number of carbonyl (C=O) groups excluding carboxylic acids is 2. The summed E-state index contributed by atoms with van der Waals surface area (Å²) < 4.78 is 10.2. The fraction of sp³-hybridized carbons (Fsp3) is 0.333. The van der Waals surface area contributed by atoms with Gasteiger partial charge in [-0.1, -0.05) is 0 Å². The molecule has 0 heterocycles. The van der Waals surface area contributed by atoms with Gasteiger partial charge in [-0.3, -0.25) is 9.59 Å². The van der Waals surface area contributed by atoms with Crippen molar-refractivity contribution in [3.8, 4) is 11.5 Å². The smallest absolute Gasteiger partial charge is 0.217 e. The van der Waals surface area contributed by atoms with Gasteiger partial charge in [0.2, 0.25) is 5.91 Å². The monoisotopic (exact) mass is 237 g/mol. The molecule has 0 bridgehead atoms. The number of nitrogens with one attached hydrogen (secondary N) is 1. The zero-order valence-electron chi connectivity index (χ0n) is 10.1. The van der Waals surface area contributed by atoms with Gasteiger partial charge in [0.05, 0.1) is 20.8 Å². The van der Waals surface area contributed by atoms with E-state index in [-0.39, 0.29) is 18.2 Å². The summed E-state index contributed by atoms with van der Waals surface area (Å²) >= 11 is 0. The van der Waals surface area contributed by atoms with Crippen LogP contribution in [-0.2, 0) is 4.79 Å². The Morgan fingerprint density at radius 2 is 1.82 bits per heavy atom. The van der Waals surface area contributed by atoms with E-state index in [1.807, 2.05) is 0 Å². The molecule has 1 rings (SSSR count). The number of amides is 1. The van der Waals surface area contributed by atoms with Gasteiger partial charge in [-0.05, 0) is 18.2 Å². The minimum Gasteiger partial charge on any atom is -0.493 e.